The Morgan fingerprint density at radius 3 is 2.50 bits per heavy atom. The van der Waals surface area contributed by atoms with Gasteiger partial charge in [0, 0.05) is 20.1 Å². The minimum absolute atomic E-state index is 1.13. The van der Waals surface area contributed by atoms with Gasteiger partial charge in [0.05, 0.1) is 0 Å². The van der Waals surface area contributed by atoms with Gasteiger partial charge in [-0.3, -0.25) is 4.99 Å². The number of amidine groups is 1. The number of nitrogens with zero attached hydrogens (tertiary/aromatic N) is 2. The average molecular weight is 186 g/mol. The van der Waals surface area contributed by atoms with Crippen LogP contribution in [0, 0.1) is 0 Å². The van der Waals surface area contributed by atoms with E-state index in [-0.39, 0.29) is 0 Å². The quantitative estimate of drug-likeness (QED) is 0.461. The molecule has 12 heavy (non-hydrogen) atoms. The molecule has 0 amide bonds. The van der Waals surface area contributed by atoms with Gasteiger partial charge in [-0.05, 0) is 25.0 Å². The van der Waals surface area contributed by atoms with Gasteiger partial charge in [0.1, 0.15) is 0 Å². The highest BCUT2D eigenvalue weighted by Gasteiger charge is 2.13. The lowest BCUT2D eigenvalue weighted by atomic mass is 10.1. The summed E-state index contributed by atoms with van der Waals surface area (Å²) in [4.78, 5) is 6.72. The molecule has 0 spiro atoms. The fraction of sp³-hybridized carbons (Fsp3) is 0.889. The number of likely N-dealkylation sites (tertiary alicyclic amines) is 1. The van der Waals surface area contributed by atoms with E-state index in [1.165, 1.54) is 37.5 Å². The van der Waals surface area contributed by atoms with Crippen LogP contribution in [0.3, 0.4) is 0 Å². The molecule has 1 aliphatic heterocycles. The van der Waals surface area contributed by atoms with Crippen molar-refractivity contribution in [3.8, 4) is 0 Å². The Bertz CT molecular complexity index is 151. The minimum Gasteiger partial charge on any atom is -0.352 e. The van der Waals surface area contributed by atoms with E-state index in [9.17, 15) is 0 Å². The van der Waals surface area contributed by atoms with Crippen LogP contribution in [0.25, 0.3) is 0 Å². The van der Waals surface area contributed by atoms with E-state index < -0.39 is 0 Å². The van der Waals surface area contributed by atoms with Gasteiger partial charge in [0.25, 0.3) is 0 Å². The van der Waals surface area contributed by atoms with E-state index in [0.29, 0.717) is 0 Å². The third-order valence-corrected chi connectivity index (χ3v) is 3.08. The maximum Gasteiger partial charge on any atom is 0.158 e. The van der Waals surface area contributed by atoms with Gasteiger partial charge >= 0.3 is 0 Å². The maximum absolute atomic E-state index is 4.31. The first-order chi connectivity index (χ1) is 5.88. The molecule has 3 heteroatoms. The molecular weight excluding hydrogens is 168 g/mol. The van der Waals surface area contributed by atoms with Crippen LogP contribution in [0.15, 0.2) is 4.99 Å². The summed E-state index contributed by atoms with van der Waals surface area (Å²) >= 11 is 1.86. The molecule has 1 saturated heterocycles. The first-order valence-corrected chi connectivity index (χ1v) is 5.71. The summed E-state index contributed by atoms with van der Waals surface area (Å²) in [5.41, 5.74) is 0. The molecule has 0 radical (unpaired) electrons. The van der Waals surface area contributed by atoms with Crippen LogP contribution < -0.4 is 0 Å². The van der Waals surface area contributed by atoms with Crippen molar-refractivity contribution in [2.24, 2.45) is 4.99 Å². The van der Waals surface area contributed by atoms with Crippen LogP contribution in [-0.4, -0.2) is 36.0 Å². The highest BCUT2D eigenvalue weighted by atomic mass is 32.2. The smallest absolute Gasteiger partial charge is 0.158 e. The predicted molar refractivity (Wildman–Crippen MR) is 56.9 cm³/mol. The summed E-state index contributed by atoms with van der Waals surface area (Å²) in [6.45, 7) is 4.60. The lowest BCUT2D eigenvalue weighted by molar-refractivity contribution is 0.347. The second-order valence-electron chi connectivity index (χ2n) is 2.99. The summed E-state index contributed by atoms with van der Waals surface area (Å²) in [6.07, 6.45) is 4.07. The molecule has 0 atom stereocenters. The average Bonchev–Trinajstić information content (AvgIpc) is 2.15. The van der Waals surface area contributed by atoms with Crippen molar-refractivity contribution >= 4 is 16.9 Å². The summed E-state index contributed by atoms with van der Waals surface area (Å²) in [7, 11) is 1.90. The van der Waals surface area contributed by atoms with Crippen molar-refractivity contribution in [3.63, 3.8) is 0 Å². The molecule has 0 aromatic heterocycles. The van der Waals surface area contributed by atoms with E-state index in [1.54, 1.807) is 0 Å². The topological polar surface area (TPSA) is 15.6 Å². The molecule has 0 N–H and O–H groups in total. The molecule has 0 aromatic rings. The number of rotatable bonds is 1. The van der Waals surface area contributed by atoms with Gasteiger partial charge in [-0.2, -0.15) is 0 Å². The summed E-state index contributed by atoms with van der Waals surface area (Å²) in [6, 6.07) is 0. The Morgan fingerprint density at radius 1 is 1.33 bits per heavy atom. The van der Waals surface area contributed by atoms with Gasteiger partial charge in [0.15, 0.2) is 5.17 Å². The third-order valence-electron chi connectivity index (χ3n) is 2.09. The zero-order valence-corrected chi connectivity index (χ0v) is 8.86. The monoisotopic (exact) mass is 186 g/mol. The number of hydrogen-bond acceptors (Lipinski definition) is 2. The van der Waals surface area contributed by atoms with Crippen molar-refractivity contribution in [1.29, 1.82) is 0 Å². The maximum atomic E-state index is 4.31. The van der Waals surface area contributed by atoms with Crippen LogP contribution in [0.2, 0.25) is 0 Å². The number of hydrogen-bond donors (Lipinski definition) is 0. The Kier molecular flexibility index (Phi) is 4.51. The Hall–Kier alpha value is -0.180. The second-order valence-corrected chi connectivity index (χ2v) is 4.22. The van der Waals surface area contributed by atoms with Gasteiger partial charge in [-0.25, -0.2) is 0 Å². The standard InChI is InChI=1S/C9H18N2S/c1-3-12-9(10-2)11-7-5-4-6-8-11/h3-8H2,1-2H3. The molecule has 1 aliphatic rings. The zero-order valence-electron chi connectivity index (χ0n) is 8.05. The molecular formula is C9H18N2S. The molecule has 2 nitrogen and oxygen atoms in total. The fourth-order valence-corrected chi connectivity index (χ4v) is 2.26. The van der Waals surface area contributed by atoms with Crippen LogP contribution in [-0.2, 0) is 0 Å². The first kappa shape index (κ1) is 9.90. The van der Waals surface area contributed by atoms with Crippen molar-refractivity contribution in [2.45, 2.75) is 26.2 Å². The summed E-state index contributed by atoms with van der Waals surface area (Å²) < 4.78 is 0. The summed E-state index contributed by atoms with van der Waals surface area (Å²) in [5.74, 6) is 1.13. The van der Waals surface area contributed by atoms with Gasteiger partial charge in [-0.1, -0.05) is 18.7 Å². The van der Waals surface area contributed by atoms with Crippen LogP contribution in [0.5, 0.6) is 0 Å². The van der Waals surface area contributed by atoms with E-state index in [2.05, 4.69) is 16.8 Å². The fourth-order valence-electron chi connectivity index (χ4n) is 1.51. The largest absolute Gasteiger partial charge is 0.352 e. The van der Waals surface area contributed by atoms with E-state index in [0.717, 1.165) is 5.75 Å². The first-order valence-electron chi connectivity index (χ1n) is 4.73. The van der Waals surface area contributed by atoms with Gasteiger partial charge in [0.2, 0.25) is 0 Å². The molecule has 1 heterocycles. The van der Waals surface area contributed by atoms with E-state index in [1.807, 2.05) is 18.8 Å². The molecule has 0 bridgehead atoms. The van der Waals surface area contributed by atoms with Crippen molar-refractivity contribution in [2.75, 3.05) is 25.9 Å². The third kappa shape index (κ3) is 2.70. The van der Waals surface area contributed by atoms with Crippen LogP contribution in [0.4, 0.5) is 0 Å². The minimum atomic E-state index is 1.13. The Balaban J connectivity index is 2.41. The summed E-state index contributed by atoms with van der Waals surface area (Å²) in [5, 5.41) is 1.23. The molecule has 70 valence electrons. The zero-order chi connectivity index (χ0) is 8.81. The lowest BCUT2D eigenvalue weighted by Gasteiger charge is -2.28. The molecule has 0 aromatic carbocycles. The molecule has 0 saturated carbocycles. The van der Waals surface area contributed by atoms with Gasteiger partial charge in [-0.15, -0.1) is 0 Å². The Labute approximate surface area is 79.4 Å². The van der Waals surface area contributed by atoms with E-state index in [4.69, 9.17) is 0 Å². The number of aliphatic imine (C=N–C) groups is 1. The highest BCUT2D eigenvalue weighted by Crippen LogP contribution is 2.15. The van der Waals surface area contributed by atoms with Crippen LogP contribution >= 0.6 is 11.8 Å². The lowest BCUT2D eigenvalue weighted by Crippen LogP contribution is -2.34. The Morgan fingerprint density at radius 2 is 2.00 bits per heavy atom. The van der Waals surface area contributed by atoms with Crippen molar-refractivity contribution < 1.29 is 0 Å². The number of thioether (sulfide) groups is 1. The molecule has 1 fully saturated rings. The van der Waals surface area contributed by atoms with Crippen molar-refractivity contribution in [3.05, 3.63) is 0 Å². The number of piperidine rings is 1. The van der Waals surface area contributed by atoms with Crippen molar-refractivity contribution in [1.82, 2.24) is 4.90 Å². The van der Waals surface area contributed by atoms with Gasteiger partial charge < -0.3 is 4.90 Å². The molecule has 0 unspecified atom stereocenters. The van der Waals surface area contributed by atoms with Crippen LogP contribution in [0.1, 0.15) is 26.2 Å². The molecule has 0 aliphatic carbocycles. The predicted octanol–water partition coefficient (Wildman–Crippen LogP) is 2.21. The normalized spacial score (nSPS) is 19.8. The second kappa shape index (κ2) is 5.46. The SMILES string of the molecule is CCSC(=NC)N1CCCCC1. The molecule has 1 rings (SSSR count). The highest BCUT2D eigenvalue weighted by molar-refractivity contribution is 8.13. The van der Waals surface area contributed by atoms with E-state index >= 15 is 0 Å².